The second kappa shape index (κ2) is 9.21. The molecule has 1 aliphatic heterocycles. The van der Waals surface area contributed by atoms with E-state index >= 15 is 0 Å². The zero-order valence-corrected chi connectivity index (χ0v) is 18.1. The number of carbonyl (C=O) groups is 1. The third kappa shape index (κ3) is 4.65. The Morgan fingerprint density at radius 3 is 2.89 bits per heavy atom. The summed E-state index contributed by atoms with van der Waals surface area (Å²) in [5.41, 5.74) is 0. The van der Waals surface area contributed by atoms with Crippen molar-refractivity contribution >= 4 is 40.3 Å². The first-order chi connectivity index (χ1) is 13.7. The molecule has 0 spiro atoms. The number of carbonyl (C=O) groups excluding carboxylic acids is 1. The van der Waals surface area contributed by atoms with E-state index in [0.29, 0.717) is 12.3 Å². The smallest absolute Gasteiger partial charge is 0.233 e. The molecule has 1 unspecified atom stereocenters. The Labute approximate surface area is 176 Å². The van der Waals surface area contributed by atoms with E-state index in [1.807, 2.05) is 36.0 Å². The van der Waals surface area contributed by atoms with Gasteiger partial charge in [0, 0.05) is 18.5 Å². The minimum Gasteiger partial charge on any atom is -0.376 e. The molecule has 0 radical (unpaired) electrons. The Balaban J connectivity index is 1.45. The van der Waals surface area contributed by atoms with Crippen molar-refractivity contribution in [3.8, 4) is 10.7 Å². The molecule has 1 aliphatic rings. The number of aromatic nitrogens is 3. The average Bonchev–Trinajstić information content (AvgIpc) is 3.47. The van der Waals surface area contributed by atoms with E-state index < -0.39 is 0 Å². The average molecular weight is 435 g/mol. The summed E-state index contributed by atoms with van der Waals surface area (Å²) in [6, 6.07) is 8.12. The van der Waals surface area contributed by atoms with Crippen LogP contribution in [0.1, 0.15) is 17.7 Å². The fourth-order valence-electron chi connectivity index (χ4n) is 3.10. The summed E-state index contributed by atoms with van der Waals surface area (Å²) >= 11 is 4.76. The van der Waals surface area contributed by atoms with Gasteiger partial charge in [-0.1, -0.05) is 23.9 Å². The Bertz CT molecular complexity index is 887. The van der Waals surface area contributed by atoms with Crippen LogP contribution in [-0.4, -0.2) is 51.1 Å². The SMILES string of the molecule is CN(Cc1cccs1)C(=O)CSc1nnc(-c2cccs2)n1CC1CCCO1. The van der Waals surface area contributed by atoms with Crippen LogP contribution < -0.4 is 0 Å². The van der Waals surface area contributed by atoms with Crippen LogP contribution in [0.3, 0.4) is 0 Å². The predicted octanol–water partition coefficient (Wildman–Crippen LogP) is 4.00. The molecule has 4 heterocycles. The van der Waals surface area contributed by atoms with Gasteiger partial charge in [-0.15, -0.1) is 32.9 Å². The molecule has 1 saturated heterocycles. The molecule has 0 aromatic carbocycles. The standard InChI is InChI=1S/C19H22N4O2S3/c1-22(12-15-6-3-9-26-15)17(24)13-28-19-21-20-18(16-7-4-10-27-16)23(19)11-14-5-2-8-25-14/h3-4,6-7,9-10,14H,2,5,8,11-13H2,1H3. The lowest BCUT2D eigenvalue weighted by Gasteiger charge is -2.17. The number of hydrogen-bond acceptors (Lipinski definition) is 7. The van der Waals surface area contributed by atoms with Gasteiger partial charge in [0.1, 0.15) is 0 Å². The van der Waals surface area contributed by atoms with Crippen molar-refractivity contribution in [2.45, 2.75) is 37.2 Å². The molecule has 0 aliphatic carbocycles. The van der Waals surface area contributed by atoms with Gasteiger partial charge in [-0.25, -0.2) is 0 Å². The van der Waals surface area contributed by atoms with Crippen molar-refractivity contribution in [2.75, 3.05) is 19.4 Å². The first-order valence-electron chi connectivity index (χ1n) is 9.18. The van der Waals surface area contributed by atoms with E-state index in [2.05, 4.69) is 20.8 Å². The zero-order valence-electron chi connectivity index (χ0n) is 15.6. The maximum absolute atomic E-state index is 12.6. The number of nitrogens with zero attached hydrogens (tertiary/aromatic N) is 4. The van der Waals surface area contributed by atoms with Crippen molar-refractivity contribution in [2.24, 2.45) is 0 Å². The molecule has 4 rings (SSSR count). The first kappa shape index (κ1) is 19.6. The van der Waals surface area contributed by atoms with E-state index in [4.69, 9.17) is 4.74 Å². The highest BCUT2D eigenvalue weighted by Gasteiger charge is 2.23. The fourth-order valence-corrected chi connectivity index (χ4v) is 5.46. The van der Waals surface area contributed by atoms with Crippen molar-refractivity contribution in [3.63, 3.8) is 0 Å². The molecular weight excluding hydrogens is 412 g/mol. The van der Waals surface area contributed by atoms with Gasteiger partial charge in [-0.3, -0.25) is 9.36 Å². The highest BCUT2D eigenvalue weighted by Crippen LogP contribution is 2.29. The van der Waals surface area contributed by atoms with Crippen LogP contribution in [0.15, 0.2) is 40.2 Å². The quantitative estimate of drug-likeness (QED) is 0.502. The van der Waals surface area contributed by atoms with E-state index in [-0.39, 0.29) is 12.0 Å². The van der Waals surface area contributed by atoms with Gasteiger partial charge < -0.3 is 9.64 Å². The van der Waals surface area contributed by atoms with Gasteiger partial charge in [-0.05, 0) is 35.7 Å². The predicted molar refractivity (Wildman–Crippen MR) is 114 cm³/mol. The molecule has 0 saturated carbocycles. The van der Waals surface area contributed by atoms with Gasteiger partial charge in [0.2, 0.25) is 5.91 Å². The number of ether oxygens (including phenoxy) is 1. The van der Waals surface area contributed by atoms with Gasteiger partial charge in [-0.2, -0.15) is 0 Å². The summed E-state index contributed by atoms with van der Waals surface area (Å²) < 4.78 is 7.93. The van der Waals surface area contributed by atoms with Crippen LogP contribution >= 0.6 is 34.4 Å². The summed E-state index contributed by atoms with van der Waals surface area (Å²) in [6.07, 6.45) is 2.33. The molecule has 9 heteroatoms. The van der Waals surface area contributed by atoms with E-state index in [1.54, 1.807) is 27.6 Å². The maximum Gasteiger partial charge on any atom is 0.233 e. The van der Waals surface area contributed by atoms with Crippen LogP contribution in [0.25, 0.3) is 10.7 Å². The monoisotopic (exact) mass is 434 g/mol. The number of hydrogen-bond donors (Lipinski definition) is 0. The Morgan fingerprint density at radius 2 is 2.18 bits per heavy atom. The molecular formula is C19H22N4O2S3. The van der Waals surface area contributed by atoms with Crippen LogP contribution in [-0.2, 0) is 22.6 Å². The summed E-state index contributed by atoms with van der Waals surface area (Å²) in [5.74, 6) is 1.28. The molecule has 0 N–H and O–H groups in total. The van der Waals surface area contributed by atoms with Gasteiger partial charge in [0.05, 0.1) is 29.8 Å². The topological polar surface area (TPSA) is 60.2 Å². The lowest BCUT2D eigenvalue weighted by molar-refractivity contribution is -0.127. The van der Waals surface area contributed by atoms with Crippen molar-refractivity contribution in [1.29, 1.82) is 0 Å². The first-order valence-corrected chi connectivity index (χ1v) is 11.9. The lowest BCUT2D eigenvalue weighted by Crippen LogP contribution is -2.27. The van der Waals surface area contributed by atoms with Gasteiger partial charge >= 0.3 is 0 Å². The highest BCUT2D eigenvalue weighted by atomic mass is 32.2. The van der Waals surface area contributed by atoms with Crippen molar-refractivity contribution < 1.29 is 9.53 Å². The fraction of sp³-hybridized carbons (Fsp3) is 0.421. The molecule has 0 bridgehead atoms. The van der Waals surface area contributed by atoms with Crippen LogP contribution in [0.2, 0.25) is 0 Å². The van der Waals surface area contributed by atoms with E-state index in [9.17, 15) is 4.79 Å². The molecule has 148 valence electrons. The summed E-state index contributed by atoms with van der Waals surface area (Å²) in [4.78, 5) is 16.6. The lowest BCUT2D eigenvalue weighted by atomic mass is 10.2. The Kier molecular flexibility index (Phi) is 6.46. The highest BCUT2D eigenvalue weighted by molar-refractivity contribution is 7.99. The number of thiophene rings is 2. The second-order valence-electron chi connectivity index (χ2n) is 6.65. The van der Waals surface area contributed by atoms with Crippen LogP contribution in [0.4, 0.5) is 0 Å². The number of rotatable bonds is 8. The van der Waals surface area contributed by atoms with Crippen LogP contribution in [0.5, 0.6) is 0 Å². The summed E-state index contributed by atoms with van der Waals surface area (Å²) in [6.45, 7) is 2.18. The zero-order chi connectivity index (χ0) is 19.3. The summed E-state index contributed by atoms with van der Waals surface area (Å²) in [5, 5.41) is 13.6. The minimum absolute atomic E-state index is 0.0859. The van der Waals surface area contributed by atoms with Crippen molar-refractivity contribution in [3.05, 3.63) is 39.9 Å². The molecule has 3 aromatic heterocycles. The number of thioether (sulfide) groups is 1. The van der Waals surface area contributed by atoms with E-state index in [1.165, 1.54) is 16.6 Å². The molecule has 3 aromatic rings. The molecule has 1 atom stereocenters. The molecule has 1 amide bonds. The van der Waals surface area contributed by atoms with Gasteiger partial charge in [0.25, 0.3) is 0 Å². The molecule has 28 heavy (non-hydrogen) atoms. The van der Waals surface area contributed by atoms with Crippen molar-refractivity contribution in [1.82, 2.24) is 19.7 Å². The maximum atomic E-state index is 12.6. The normalized spacial score (nSPS) is 16.5. The third-order valence-electron chi connectivity index (χ3n) is 4.59. The molecule has 1 fully saturated rings. The largest absolute Gasteiger partial charge is 0.376 e. The number of amides is 1. The Morgan fingerprint density at radius 1 is 1.32 bits per heavy atom. The minimum atomic E-state index is 0.0859. The molecule has 6 nitrogen and oxygen atoms in total. The van der Waals surface area contributed by atoms with Crippen LogP contribution in [0, 0.1) is 0 Å². The third-order valence-corrected chi connectivity index (χ3v) is 7.27. The van der Waals surface area contributed by atoms with E-state index in [0.717, 1.165) is 41.9 Å². The van der Waals surface area contributed by atoms with Gasteiger partial charge in [0.15, 0.2) is 11.0 Å². The Hall–Kier alpha value is -1.68. The second-order valence-corrected chi connectivity index (χ2v) is 9.57. The summed E-state index contributed by atoms with van der Waals surface area (Å²) in [7, 11) is 1.84.